The van der Waals surface area contributed by atoms with Gasteiger partial charge in [0.2, 0.25) is 0 Å². The normalized spacial score (nSPS) is 13.1. The Bertz CT molecular complexity index is 4030. The lowest BCUT2D eigenvalue weighted by molar-refractivity contribution is 0.477. The van der Waals surface area contributed by atoms with Gasteiger partial charge >= 0.3 is 0 Å². The molecule has 2 heterocycles. The van der Waals surface area contributed by atoms with E-state index in [4.69, 9.17) is 9.15 Å². The SMILES string of the molecule is CC1(C)c2ccccc2-c2ccc(-c3ccc(N(c4ccccc4)c4cc(N5c6ccccc6Oc6ccccc65)cc(N(c5ccc6oc7ccccc7c6c5)c5cccc6ccccc56)c4)cc3)cc21. The smallest absolute Gasteiger partial charge is 0.151 e. The molecule has 0 amide bonds. The number of benzene rings is 11. The van der Waals surface area contributed by atoms with Gasteiger partial charge in [-0.1, -0.05) is 159 Å². The molecule has 72 heavy (non-hydrogen) atoms. The van der Waals surface area contributed by atoms with Crippen LogP contribution in [0.1, 0.15) is 25.0 Å². The van der Waals surface area contributed by atoms with Crippen molar-refractivity contribution in [1.29, 1.82) is 0 Å². The van der Waals surface area contributed by atoms with Crippen LogP contribution < -0.4 is 19.4 Å². The number of ether oxygens (including phenoxy) is 1. The molecule has 12 aromatic rings. The third-order valence-corrected chi connectivity index (χ3v) is 14.8. The molecule has 0 fully saturated rings. The maximum absolute atomic E-state index is 6.61. The molecular formula is C67H47N3O2. The number of hydrogen-bond acceptors (Lipinski definition) is 5. The van der Waals surface area contributed by atoms with Gasteiger partial charge in [0.05, 0.1) is 34.1 Å². The molecule has 5 heteroatoms. The summed E-state index contributed by atoms with van der Waals surface area (Å²) in [5.74, 6) is 1.58. The third-order valence-electron chi connectivity index (χ3n) is 14.8. The molecule has 0 bridgehead atoms. The fourth-order valence-corrected chi connectivity index (χ4v) is 11.3. The summed E-state index contributed by atoms with van der Waals surface area (Å²) < 4.78 is 13.0. The zero-order valence-electron chi connectivity index (χ0n) is 39.8. The van der Waals surface area contributed by atoms with Crippen molar-refractivity contribution >= 4 is 83.9 Å². The van der Waals surface area contributed by atoms with Crippen LogP contribution in [-0.4, -0.2) is 0 Å². The molecule has 0 radical (unpaired) electrons. The van der Waals surface area contributed by atoms with E-state index in [1.807, 2.05) is 24.3 Å². The van der Waals surface area contributed by atoms with Gasteiger partial charge in [0.25, 0.3) is 0 Å². The largest absolute Gasteiger partial charge is 0.456 e. The van der Waals surface area contributed by atoms with Crippen molar-refractivity contribution in [2.24, 2.45) is 0 Å². The van der Waals surface area contributed by atoms with Crippen LogP contribution in [0.25, 0.3) is 55.0 Å². The standard InChI is InChI=1S/C67H47N3O2/c1-67(2)58-24-10-8-22-54(58)55-37-33-46(39-59(55)67)44-31-34-48(35-32-44)68(47-19-4-3-5-20-47)50-40-51(42-52(41-50)70-61-25-11-14-29-65(61)72-66-30-15-12-26-62(66)70)69(60-27-16-18-45-17-6-7-21-53(45)60)49-36-38-64-57(43-49)56-23-9-13-28-63(56)71-64/h3-43H,1-2H3. The topological polar surface area (TPSA) is 32.1 Å². The zero-order chi connectivity index (χ0) is 47.9. The minimum Gasteiger partial charge on any atom is -0.456 e. The molecule has 342 valence electrons. The molecule has 2 aliphatic rings. The van der Waals surface area contributed by atoms with Crippen molar-refractivity contribution < 1.29 is 9.15 Å². The number of anilines is 9. The zero-order valence-corrected chi connectivity index (χ0v) is 39.8. The maximum atomic E-state index is 6.61. The molecule has 14 rings (SSSR count). The molecule has 1 aromatic heterocycles. The lowest BCUT2D eigenvalue weighted by atomic mass is 9.81. The van der Waals surface area contributed by atoms with E-state index in [1.165, 1.54) is 33.4 Å². The molecule has 11 aromatic carbocycles. The average Bonchev–Trinajstić information content (AvgIpc) is 3.91. The summed E-state index contributed by atoms with van der Waals surface area (Å²) in [4.78, 5) is 7.13. The Morgan fingerprint density at radius 3 is 1.78 bits per heavy atom. The molecule has 0 atom stereocenters. The Balaban J connectivity index is 0.995. The maximum Gasteiger partial charge on any atom is 0.151 e. The lowest BCUT2D eigenvalue weighted by Gasteiger charge is -2.35. The lowest BCUT2D eigenvalue weighted by Crippen LogP contribution is -2.18. The summed E-state index contributed by atoms with van der Waals surface area (Å²) in [7, 11) is 0. The van der Waals surface area contributed by atoms with Crippen molar-refractivity contribution in [1.82, 2.24) is 0 Å². The fraction of sp³-hybridized carbons (Fsp3) is 0.0448. The summed E-state index contributed by atoms with van der Waals surface area (Å²) in [6, 6.07) is 89.3. The van der Waals surface area contributed by atoms with E-state index in [2.05, 4.69) is 253 Å². The van der Waals surface area contributed by atoms with Crippen molar-refractivity contribution in [3.63, 3.8) is 0 Å². The van der Waals surface area contributed by atoms with Crippen molar-refractivity contribution in [3.8, 4) is 33.8 Å². The van der Waals surface area contributed by atoms with Crippen LogP contribution in [0.3, 0.4) is 0 Å². The Labute approximate surface area is 418 Å². The second-order valence-electron chi connectivity index (χ2n) is 19.3. The van der Waals surface area contributed by atoms with Crippen LogP contribution in [-0.2, 0) is 5.41 Å². The minimum atomic E-state index is -0.0891. The first-order valence-electron chi connectivity index (χ1n) is 24.6. The van der Waals surface area contributed by atoms with Gasteiger partial charge in [-0.3, -0.25) is 0 Å². The first-order valence-corrected chi connectivity index (χ1v) is 24.6. The Morgan fingerprint density at radius 1 is 0.375 bits per heavy atom. The highest BCUT2D eigenvalue weighted by Crippen LogP contribution is 2.54. The van der Waals surface area contributed by atoms with Gasteiger partial charge in [0.1, 0.15) is 11.2 Å². The molecule has 1 aliphatic carbocycles. The molecular weight excluding hydrogens is 879 g/mol. The van der Waals surface area contributed by atoms with Gasteiger partial charge in [0, 0.05) is 38.6 Å². The molecule has 0 unspecified atom stereocenters. The summed E-state index contributed by atoms with van der Waals surface area (Å²) in [6.45, 7) is 4.69. The van der Waals surface area contributed by atoms with E-state index in [0.717, 1.165) is 95.4 Å². The molecule has 5 nitrogen and oxygen atoms in total. The fourth-order valence-electron chi connectivity index (χ4n) is 11.3. The second-order valence-corrected chi connectivity index (χ2v) is 19.3. The highest BCUT2D eigenvalue weighted by atomic mass is 16.5. The van der Waals surface area contributed by atoms with Gasteiger partial charge in [0.15, 0.2) is 11.5 Å². The number of furan rings is 1. The molecule has 0 spiro atoms. The van der Waals surface area contributed by atoms with Crippen LogP contribution >= 0.6 is 0 Å². The van der Waals surface area contributed by atoms with E-state index in [0.29, 0.717) is 0 Å². The van der Waals surface area contributed by atoms with Crippen LogP contribution in [0.4, 0.5) is 51.2 Å². The number of rotatable bonds is 8. The van der Waals surface area contributed by atoms with E-state index < -0.39 is 0 Å². The highest BCUT2D eigenvalue weighted by molar-refractivity contribution is 6.08. The number of fused-ring (bicyclic) bond motifs is 9. The predicted molar refractivity (Wildman–Crippen MR) is 298 cm³/mol. The molecule has 0 saturated carbocycles. The summed E-state index contributed by atoms with van der Waals surface area (Å²) in [5, 5.41) is 4.43. The van der Waals surface area contributed by atoms with Gasteiger partial charge in [-0.15, -0.1) is 0 Å². The Hall–Kier alpha value is -9.32. The molecule has 0 saturated heterocycles. The van der Waals surface area contributed by atoms with Crippen LogP contribution in [0, 0.1) is 0 Å². The quantitative estimate of drug-likeness (QED) is 0.152. The van der Waals surface area contributed by atoms with E-state index in [1.54, 1.807) is 0 Å². The van der Waals surface area contributed by atoms with Gasteiger partial charge in [-0.2, -0.15) is 0 Å². The predicted octanol–water partition coefficient (Wildman–Crippen LogP) is 19.2. The summed E-state index contributed by atoms with van der Waals surface area (Å²) in [6.07, 6.45) is 0. The van der Waals surface area contributed by atoms with E-state index in [9.17, 15) is 0 Å². The number of nitrogens with zero attached hydrogens (tertiary/aromatic N) is 3. The summed E-state index contributed by atoms with van der Waals surface area (Å²) >= 11 is 0. The van der Waals surface area contributed by atoms with E-state index in [-0.39, 0.29) is 5.41 Å². The summed E-state index contributed by atoms with van der Waals surface area (Å²) in [5.41, 5.74) is 18.4. The monoisotopic (exact) mass is 925 g/mol. The first kappa shape index (κ1) is 41.6. The Morgan fingerprint density at radius 2 is 0.972 bits per heavy atom. The van der Waals surface area contributed by atoms with Crippen LogP contribution in [0.15, 0.2) is 253 Å². The molecule has 0 N–H and O–H groups in total. The minimum absolute atomic E-state index is 0.0891. The van der Waals surface area contributed by atoms with Crippen molar-refractivity contribution in [3.05, 3.63) is 260 Å². The van der Waals surface area contributed by atoms with Crippen molar-refractivity contribution in [2.75, 3.05) is 14.7 Å². The Kier molecular flexibility index (Phi) is 9.48. The van der Waals surface area contributed by atoms with Crippen LogP contribution in [0.2, 0.25) is 0 Å². The van der Waals surface area contributed by atoms with Gasteiger partial charge in [-0.25, -0.2) is 0 Å². The van der Waals surface area contributed by atoms with E-state index >= 15 is 0 Å². The number of hydrogen-bond donors (Lipinski definition) is 0. The average molecular weight is 926 g/mol. The highest BCUT2D eigenvalue weighted by Gasteiger charge is 2.35. The first-order chi connectivity index (χ1) is 35.4. The third kappa shape index (κ3) is 6.69. The van der Waals surface area contributed by atoms with Crippen LogP contribution in [0.5, 0.6) is 11.5 Å². The second kappa shape index (κ2) is 16.4. The van der Waals surface area contributed by atoms with Gasteiger partial charge < -0.3 is 23.9 Å². The van der Waals surface area contributed by atoms with Gasteiger partial charge in [-0.05, 0) is 142 Å². The van der Waals surface area contributed by atoms with Crippen molar-refractivity contribution in [2.45, 2.75) is 19.3 Å². The molecule has 1 aliphatic heterocycles. The number of para-hydroxylation sites is 6.